The monoisotopic (exact) mass is 368 g/mol. The summed E-state index contributed by atoms with van der Waals surface area (Å²) in [5, 5.41) is 4.83. The van der Waals surface area contributed by atoms with Gasteiger partial charge in [0.1, 0.15) is 11.9 Å². The number of carbonyl (C=O) groups is 3. The molecule has 0 aliphatic heterocycles. The maximum atomic E-state index is 13.5. The molecule has 0 saturated carbocycles. The highest BCUT2D eigenvalue weighted by Crippen LogP contribution is 2.19. The molecule has 2 amide bonds. The zero-order valence-corrected chi connectivity index (χ0v) is 13.8. The van der Waals surface area contributed by atoms with E-state index in [-0.39, 0.29) is 16.5 Å². The van der Waals surface area contributed by atoms with E-state index in [1.807, 2.05) is 0 Å². The molecule has 0 saturated heterocycles. The van der Waals surface area contributed by atoms with Crippen LogP contribution in [0.3, 0.4) is 0 Å². The minimum atomic E-state index is -1.01. The number of benzene rings is 1. The van der Waals surface area contributed by atoms with Crippen LogP contribution in [0.2, 0.25) is 5.02 Å². The van der Waals surface area contributed by atoms with Crippen LogP contribution >= 0.6 is 11.6 Å². The second-order valence-electron chi connectivity index (χ2n) is 4.95. The van der Waals surface area contributed by atoms with Gasteiger partial charge < -0.3 is 19.8 Å². The third-order valence-corrected chi connectivity index (χ3v) is 3.23. The van der Waals surface area contributed by atoms with Crippen molar-refractivity contribution in [3.63, 3.8) is 0 Å². The number of carbonyl (C=O) groups excluding carboxylic acids is 3. The fraction of sp³-hybridized carbons (Fsp3) is 0.188. The molecule has 2 aromatic rings. The van der Waals surface area contributed by atoms with E-state index in [0.29, 0.717) is 0 Å². The highest BCUT2D eigenvalue weighted by atomic mass is 35.5. The highest BCUT2D eigenvalue weighted by molar-refractivity contribution is 6.30. The fourth-order valence-electron chi connectivity index (χ4n) is 1.78. The summed E-state index contributed by atoms with van der Waals surface area (Å²) in [5.74, 6) is -2.82. The van der Waals surface area contributed by atoms with E-state index in [2.05, 4.69) is 10.6 Å². The van der Waals surface area contributed by atoms with Crippen molar-refractivity contribution in [2.75, 3.05) is 11.9 Å². The molecule has 1 aromatic heterocycles. The number of furan rings is 1. The van der Waals surface area contributed by atoms with Crippen LogP contribution in [0.4, 0.5) is 10.1 Å². The molecule has 9 heteroatoms. The number of nitrogens with one attached hydrogen (secondary N) is 2. The molecular weight excluding hydrogens is 355 g/mol. The van der Waals surface area contributed by atoms with Gasteiger partial charge in [-0.25, -0.2) is 9.18 Å². The first-order chi connectivity index (χ1) is 11.9. The summed E-state index contributed by atoms with van der Waals surface area (Å²) in [6.45, 7) is 0.740. The van der Waals surface area contributed by atoms with Crippen molar-refractivity contribution in [1.82, 2.24) is 5.32 Å². The lowest BCUT2D eigenvalue weighted by Crippen LogP contribution is -2.40. The van der Waals surface area contributed by atoms with E-state index in [1.54, 1.807) is 0 Å². The molecular formula is C16H14ClFN2O5. The van der Waals surface area contributed by atoms with Crippen LogP contribution < -0.4 is 10.6 Å². The van der Waals surface area contributed by atoms with Crippen molar-refractivity contribution >= 4 is 35.1 Å². The predicted octanol–water partition coefficient (Wildman–Crippen LogP) is 2.37. The summed E-state index contributed by atoms with van der Waals surface area (Å²) in [5.41, 5.74) is -0.132. The predicted molar refractivity (Wildman–Crippen MR) is 86.6 cm³/mol. The van der Waals surface area contributed by atoms with Gasteiger partial charge in [-0.2, -0.15) is 0 Å². The number of hydrogen-bond acceptors (Lipinski definition) is 5. The van der Waals surface area contributed by atoms with Gasteiger partial charge in [-0.3, -0.25) is 9.59 Å². The number of rotatable bonds is 6. The Morgan fingerprint density at radius 1 is 1.32 bits per heavy atom. The Kier molecular flexibility index (Phi) is 6.13. The number of ether oxygens (including phenoxy) is 1. The summed E-state index contributed by atoms with van der Waals surface area (Å²) in [4.78, 5) is 35.2. The Balaban J connectivity index is 1.81. The first-order valence-corrected chi connectivity index (χ1v) is 7.50. The largest absolute Gasteiger partial charge is 0.459 e. The lowest BCUT2D eigenvalue weighted by atomic mass is 10.3. The maximum Gasteiger partial charge on any atom is 0.328 e. The minimum absolute atomic E-state index is 0.0359. The summed E-state index contributed by atoms with van der Waals surface area (Å²) < 4.78 is 23.2. The zero-order chi connectivity index (χ0) is 18.4. The Labute approximate surface area is 147 Å². The number of hydrogen-bond donors (Lipinski definition) is 2. The van der Waals surface area contributed by atoms with E-state index in [1.165, 1.54) is 37.5 Å². The van der Waals surface area contributed by atoms with Gasteiger partial charge in [0, 0.05) is 5.02 Å². The maximum absolute atomic E-state index is 13.5. The molecule has 2 N–H and O–H groups in total. The van der Waals surface area contributed by atoms with E-state index in [9.17, 15) is 18.8 Å². The van der Waals surface area contributed by atoms with Crippen LogP contribution in [0.25, 0.3) is 0 Å². The van der Waals surface area contributed by atoms with Crippen LogP contribution in [0, 0.1) is 5.82 Å². The quantitative estimate of drug-likeness (QED) is 0.763. The van der Waals surface area contributed by atoms with Crippen LogP contribution in [0.5, 0.6) is 0 Å². The van der Waals surface area contributed by atoms with Crippen LogP contribution in [-0.2, 0) is 14.3 Å². The molecule has 1 aromatic carbocycles. The first kappa shape index (κ1) is 18.5. The van der Waals surface area contributed by atoms with E-state index in [4.69, 9.17) is 20.8 Å². The lowest BCUT2D eigenvalue weighted by molar-refractivity contribution is -0.148. The van der Waals surface area contributed by atoms with E-state index >= 15 is 0 Å². The third-order valence-electron chi connectivity index (χ3n) is 2.99. The zero-order valence-electron chi connectivity index (χ0n) is 13.0. The second-order valence-corrected chi connectivity index (χ2v) is 5.39. The summed E-state index contributed by atoms with van der Waals surface area (Å²) in [7, 11) is 0. The average Bonchev–Trinajstić information content (AvgIpc) is 3.10. The van der Waals surface area contributed by atoms with Gasteiger partial charge in [-0.05, 0) is 37.3 Å². The molecule has 0 aliphatic carbocycles. The van der Waals surface area contributed by atoms with Crippen molar-refractivity contribution in [2.24, 2.45) is 0 Å². The highest BCUT2D eigenvalue weighted by Gasteiger charge is 2.20. The molecule has 1 atom stereocenters. The summed E-state index contributed by atoms with van der Waals surface area (Å²) >= 11 is 5.71. The average molecular weight is 369 g/mol. The Morgan fingerprint density at radius 3 is 2.76 bits per heavy atom. The van der Waals surface area contributed by atoms with E-state index in [0.717, 1.165) is 6.07 Å². The fourth-order valence-corrected chi connectivity index (χ4v) is 1.95. The minimum Gasteiger partial charge on any atom is -0.459 e. The molecule has 0 unspecified atom stereocenters. The van der Waals surface area contributed by atoms with Crippen LogP contribution in [0.15, 0.2) is 41.0 Å². The SMILES string of the molecule is C[C@H](NC(=O)c1ccco1)C(=O)OCC(=O)Nc1cc(Cl)ccc1F. The Morgan fingerprint density at radius 2 is 2.08 bits per heavy atom. The van der Waals surface area contributed by atoms with Gasteiger partial charge in [0.25, 0.3) is 11.8 Å². The summed E-state index contributed by atoms with van der Waals surface area (Å²) in [6, 6.07) is 5.60. The van der Waals surface area contributed by atoms with Gasteiger partial charge in [-0.1, -0.05) is 11.6 Å². The Bertz CT molecular complexity index is 779. The number of esters is 1. The molecule has 0 bridgehead atoms. The molecule has 7 nitrogen and oxygen atoms in total. The number of halogens is 2. The van der Waals surface area contributed by atoms with Crippen molar-refractivity contribution in [3.05, 3.63) is 53.2 Å². The molecule has 0 radical (unpaired) electrons. The van der Waals surface area contributed by atoms with Crippen LogP contribution in [-0.4, -0.2) is 30.4 Å². The molecule has 2 rings (SSSR count). The molecule has 0 fully saturated rings. The molecule has 0 spiro atoms. The lowest BCUT2D eigenvalue weighted by Gasteiger charge is -2.12. The number of anilines is 1. The third kappa shape index (κ3) is 5.32. The van der Waals surface area contributed by atoms with E-state index < -0.39 is 36.2 Å². The van der Waals surface area contributed by atoms with Gasteiger partial charge in [0.15, 0.2) is 12.4 Å². The first-order valence-electron chi connectivity index (χ1n) is 7.12. The van der Waals surface area contributed by atoms with Crippen LogP contribution in [0.1, 0.15) is 17.5 Å². The van der Waals surface area contributed by atoms with Gasteiger partial charge in [0.2, 0.25) is 0 Å². The van der Waals surface area contributed by atoms with Gasteiger partial charge >= 0.3 is 5.97 Å². The topological polar surface area (TPSA) is 97.6 Å². The standard InChI is InChI=1S/C16H14ClFN2O5/c1-9(19-15(22)13-3-2-6-24-13)16(23)25-8-14(21)20-12-7-10(17)4-5-11(12)18/h2-7,9H,8H2,1H3,(H,19,22)(H,20,21)/t9-/m0/s1. The molecule has 132 valence electrons. The normalized spacial score (nSPS) is 11.5. The van der Waals surface area contributed by atoms with Crippen molar-refractivity contribution in [1.29, 1.82) is 0 Å². The molecule has 1 heterocycles. The smallest absolute Gasteiger partial charge is 0.328 e. The molecule has 25 heavy (non-hydrogen) atoms. The summed E-state index contributed by atoms with van der Waals surface area (Å²) in [6.07, 6.45) is 1.32. The molecule has 0 aliphatic rings. The van der Waals surface area contributed by atoms with Crippen molar-refractivity contribution < 1.29 is 27.9 Å². The Hall–Kier alpha value is -2.87. The van der Waals surface area contributed by atoms with Gasteiger partial charge in [0.05, 0.1) is 12.0 Å². The van der Waals surface area contributed by atoms with Gasteiger partial charge in [-0.15, -0.1) is 0 Å². The van der Waals surface area contributed by atoms with Crippen molar-refractivity contribution in [2.45, 2.75) is 13.0 Å². The second kappa shape index (κ2) is 8.29. The number of amides is 2. The van der Waals surface area contributed by atoms with Crippen molar-refractivity contribution in [3.8, 4) is 0 Å².